The molecule has 0 aliphatic heterocycles. The van der Waals surface area contributed by atoms with Gasteiger partial charge in [0.15, 0.2) is 5.15 Å². The summed E-state index contributed by atoms with van der Waals surface area (Å²) in [4.78, 5) is 0. The largest absolute Gasteiger partial charge is 0.508 e. The second-order valence-electron chi connectivity index (χ2n) is 2.45. The van der Waals surface area contributed by atoms with Crippen molar-refractivity contribution in [2.75, 3.05) is 0 Å². The highest BCUT2D eigenvalue weighted by molar-refractivity contribution is 6.99. The molecule has 0 fully saturated rings. The van der Waals surface area contributed by atoms with E-state index in [-0.39, 0.29) is 5.75 Å². The number of aromatic nitrogens is 2. The van der Waals surface area contributed by atoms with Gasteiger partial charge in [-0.25, -0.2) is 0 Å². The van der Waals surface area contributed by atoms with Crippen molar-refractivity contribution < 1.29 is 5.11 Å². The first-order chi connectivity index (χ1) is 6.27. The quantitative estimate of drug-likeness (QED) is 0.790. The molecule has 66 valence electrons. The zero-order chi connectivity index (χ0) is 9.26. The second-order valence-corrected chi connectivity index (χ2v) is 3.34. The number of nitrogens with zero attached hydrogens (tertiary/aromatic N) is 2. The lowest BCUT2D eigenvalue weighted by Crippen LogP contribution is -1.76. The summed E-state index contributed by atoms with van der Waals surface area (Å²) < 4.78 is 7.88. The van der Waals surface area contributed by atoms with E-state index in [1.165, 1.54) is 0 Å². The van der Waals surface area contributed by atoms with Crippen molar-refractivity contribution in [3.05, 3.63) is 29.4 Å². The van der Waals surface area contributed by atoms with Gasteiger partial charge >= 0.3 is 0 Å². The van der Waals surface area contributed by atoms with E-state index in [0.29, 0.717) is 10.8 Å². The number of rotatable bonds is 1. The maximum Gasteiger partial charge on any atom is 0.170 e. The lowest BCUT2D eigenvalue weighted by atomic mass is 10.2. The van der Waals surface area contributed by atoms with E-state index in [2.05, 4.69) is 8.75 Å². The third kappa shape index (κ3) is 1.64. The standard InChI is InChI=1S/C8H5ClN2OS/c9-8-7(10-13-11-8)5-1-3-6(12)4-2-5/h1-4,12H. The van der Waals surface area contributed by atoms with Crippen molar-refractivity contribution >= 4 is 23.3 Å². The predicted molar refractivity (Wildman–Crippen MR) is 52.0 cm³/mol. The highest BCUT2D eigenvalue weighted by Crippen LogP contribution is 2.26. The zero-order valence-electron chi connectivity index (χ0n) is 6.44. The van der Waals surface area contributed by atoms with Gasteiger partial charge in [-0.05, 0) is 24.3 Å². The Morgan fingerprint density at radius 1 is 1.15 bits per heavy atom. The molecule has 0 aliphatic carbocycles. The molecular formula is C8H5ClN2OS. The monoisotopic (exact) mass is 212 g/mol. The molecule has 3 nitrogen and oxygen atoms in total. The molecule has 0 amide bonds. The predicted octanol–water partition coefficient (Wildman–Crippen LogP) is 2.56. The topological polar surface area (TPSA) is 46.0 Å². The molecule has 0 spiro atoms. The third-order valence-corrected chi connectivity index (χ3v) is 2.48. The molecule has 1 aromatic carbocycles. The summed E-state index contributed by atoms with van der Waals surface area (Å²) >= 11 is 6.86. The van der Waals surface area contributed by atoms with Crippen LogP contribution in [0.15, 0.2) is 24.3 Å². The maximum absolute atomic E-state index is 9.06. The summed E-state index contributed by atoms with van der Waals surface area (Å²) in [5.41, 5.74) is 1.52. The summed E-state index contributed by atoms with van der Waals surface area (Å²) in [7, 11) is 0. The van der Waals surface area contributed by atoms with Gasteiger partial charge < -0.3 is 5.11 Å². The van der Waals surface area contributed by atoms with Crippen LogP contribution in [0.5, 0.6) is 5.75 Å². The fraction of sp³-hybridized carbons (Fsp3) is 0. The van der Waals surface area contributed by atoms with E-state index in [0.717, 1.165) is 17.3 Å². The van der Waals surface area contributed by atoms with Crippen molar-refractivity contribution in [2.24, 2.45) is 0 Å². The Morgan fingerprint density at radius 2 is 1.85 bits per heavy atom. The van der Waals surface area contributed by atoms with Gasteiger partial charge in [0.25, 0.3) is 0 Å². The lowest BCUT2D eigenvalue weighted by molar-refractivity contribution is 0.475. The molecule has 0 radical (unpaired) electrons. The van der Waals surface area contributed by atoms with Crippen molar-refractivity contribution in [2.45, 2.75) is 0 Å². The van der Waals surface area contributed by atoms with Crippen LogP contribution in [0.3, 0.4) is 0 Å². The zero-order valence-corrected chi connectivity index (χ0v) is 8.01. The van der Waals surface area contributed by atoms with Crippen LogP contribution in [0.2, 0.25) is 5.15 Å². The van der Waals surface area contributed by atoms with Crippen LogP contribution in [0.25, 0.3) is 11.3 Å². The molecule has 1 aromatic heterocycles. The van der Waals surface area contributed by atoms with Gasteiger partial charge in [0, 0.05) is 5.56 Å². The highest BCUT2D eigenvalue weighted by atomic mass is 35.5. The second kappa shape index (κ2) is 3.32. The molecule has 0 saturated heterocycles. The Kier molecular flexibility index (Phi) is 2.16. The van der Waals surface area contributed by atoms with Gasteiger partial charge in [0.1, 0.15) is 11.4 Å². The molecule has 0 atom stereocenters. The Balaban J connectivity index is 2.47. The number of halogens is 1. The van der Waals surface area contributed by atoms with Gasteiger partial charge in [0.05, 0.1) is 11.7 Å². The smallest absolute Gasteiger partial charge is 0.170 e. The molecule has 0 saturated carbocycles. The molecule has 13 heavy (non-hydrogen) atoms. The summed E-state index contributed by atoms with van der Waals surface area (Å²) in [5.74, 6) is 0.225. The van der Waals surface area contributed by atoms with Gasteiger partial charge in [-0.15, -0.1) is 0 Å². The summed E-state index contributed by atoms with van der Waals surface area (Å²) in [5, 5.41) is 9.46. The Labute approximate surface area is 83.9 Å². The molecule has 0 bridgehead atoms. The minimum atomic E-state index is 0.225. The number of aromatic hydroxyl groups is 1. The molecule has 5 heteroatoms. The summed E-state index contributed by atoms with van der Waals surface area (Å²) in [6.45, 7) is 0. The van der Waals surface area contributed by atoms with Crippen molar-refractivity contribution in [3.8, 4) is 17.0 Å². The minimum absolute atomic E-state index is 0.225. The Bertz CT molecular complexity index is 412. The number of phenolic OH excluding ortho intramolecular Hbond substituents is 1. The van der Waals surface area contributed by atoms with E-state index >= 15 is 0 Å². The Morgan fingerprint density at radius 3 is 2.38 bits per heavy atom. The average Bonchev–Trinajstić information content (AvgIpc) is 2.53. The number of benzene rings is 1. The average molecular weight is 213 g/mol. The van der Waals surface area contributed by atoms with E-state index in [9.17, 15) is 0 Å². The Hall–Kier alpha value is -1.13. The van der Waals surface area contributed by atoms with Crippen molar-refractivity contribution in [1.29, 1.82) is 0 Å². The highest BCUT2D eigenvalue weighted by Gasteiger charge is 2.07. The van der Waals surface area contributed by atoms with Gasteiger partial charge in [-0.1, -0.05) is 11.6 Å². The number of hydrogen-bond acceptors (Lipinski definition) is 4. The SMILES string of the molecule is Oc1ccc(-c2nsnc2Cl)cc1. The van der Waals surface area contributed by atoms with Crippen LogP contribution in [-0.2, 0) is 0 Å². The minimum Gasteiger partial charge on any atom is -0.508 e. The number of phenols is 1. The first-order valence-corrected chi connectivity index (χ1v) is 4.65. The first kappa shape index (κ1) is 8.47. The van der Waals surface area contributed by atoms with Gasteiger partial charge in [-0.2, -0.15) is 8.75 Å². The fourth-order valence-corrected chi connectivity index (χ4v) is 1.74. The number of hydrogen-bond donors (Lipinski definition) is 1. The van der Waals surface area contributed by atoms with E-state index in [1.54, 1.807) is 24.3 Å². The van der Waals surface area contributed by atoms with Crippen LogP contribution in [0, 0.1) is 0 Å². The lowest BCUT2D eigenvalue weighted by Gasteiger charge is -1.96. The van der Waals surface area contributed by atoms with E-state index < -0.39 is 0 Å². The molecular weight excluding hydrogens is 208 g/mol. The fourth-order valence-electron chi connectivity index (χ4n) is 0.969. The normalized spacial score (nSPS) is 10.2. The van der Waals surface area contributed by atoms with Crippen molar-refractivity contribution in [3.63, 3.8) is 0 Å². The van der Waals surface area contributed by atoms with Crippen LogP contribution in [-0.4, -0.2) is 13.9 Å². The molecule has 1 N–H and O–H groups in total. The summed E-state index contributed by atoms with van der Waals surface area (Å²) in [6, 6.07) is 6.67. The summed E-state index contributed by atoms with van der Waals surface area (Å²) in [6.07, 6.45) is 0. The molecule has 2 aromatic rings. The van der Waals surface area contributed by atoms with Crippen LogP contribution < -0.4 is 0 Å². The van der Waals surface area contributed by atoms with Crippen LogP contribution in [0.1, 0.15) is 0 Å². The third-order valence-electron chi connectivity index (χ3n) is 1.59. The van der Waals surface area contributed by atoms with E-state index in [1.807, 2.05) is 0 Å². The molecule has 2 rings (SSSR count). The van der Waals surface area contributed by atoms with Gasteiger partial charge in [-0.3, -0.25) is 0 Å². The molecule has 1 heterocycles. The molecule has 0 aliphatic rings. The van der Waals surface area contributed by atoms with Crippen LogP contribution >= 0.6 is 23.3 Å². The van der Waals surface area contributed by atoms with Gasteiger partial charge in [0.2, 0.25) is 0 Å². The maximum atomic E-state index is 9.06. The van der Waals surface area contributed by atoms with Crippen LogP contribution in [0.4, 0.5) is 0 Å². The van der Waals surface area contributed by atoms with E-state index in [4.69, 9.17) is 16.7 Å². The molecule has 0 unspecified atom stereocenters. The van der Waals surface area contributed by atoms with Crippen molar-refractivity contribution in [1.82, 2.24) is 8.75 Å². The first-order valence-electron chi connectivity index (χ1n) is 3.55.